The van der Waals surface area contributed by atoms with Gasteiger partial charge in [-0.2, -0.15) is 0 Å². The third-order valence-corrected chi connectivity index (χ3v) is 3.94. The van der Waals surface area contributed by atoms with Crippen molar-refractivity contribution in [2.45, 2.75) is 12.5 Å². The number of nitrogens with one attached hydrogen (secondary N) is 1. The van der Waals surface area contributed by atoms with Crippen LogP contribution < -0.4 is 14.8 Å². The number of amides is 1. The number of carbonyl (C=O) groups excluding carboxylic acids is 1. The second-order valence-corrected chi connectivity index (χ2v) is 6.11. The monoisotopic (exact) mass is 322 g/mol. The molecule has 7 heteroatoms. The highest BCUT2D eigenvalue weighted by molar-refractivity contribution is 5.98. The summed E-state index contributed by atoms with van der Waals surface area (Å²) in [5, 5.41) is 13.3. The Labute approximate surface area is 135 Å². The van der Waals surface area contributed by atoms with Crippen LogP contribution in [0, 0.1) is 0 Å². The molecule has 0 radical (unpaired) electrons. The molecular weight excluding hydrogens is 300 g/mol. The second-order valence-electron chi connectivity index (χ2n) is 6.11. The molecule has 1 atom stereocenters. The second kappa shape index (κ2) is 6.74. The van der Waals surface area contributed by atoms with Crippen LogP contribution in [0.2, 0.25) is 0 Å². The Balaban J connectivity index is 1.57. The van der Waals surface area contributed by atoms with Gasteiger partial charge in [0.05, 0.1) is 24.4 Å². The largest absolute Gasteiger partial charge is 0.454 e. The van der Waals surface area contributed by atoms with Gasteiger partial charge in [-0.15, -0.1) is 0 Å². The number of benzene rings is 1. The maximum atomic E-state index is 12.4. The van der Waals surface area contributed by atoms with E-state index in [9.17, 15) is 9.90 Å². The zero-order chi connectivity index (χ0) is 16.3. The van der Waals surface area contributed by atoms with Crippen molar-refractivity contribution in [3.63, 3.8) is 0 Å². The van der Waals surface area contributed by atoms with E-state index < -0.39 is 5.60 Å². The molecule has 0 aromatic heterocycles. The van der Waals surface area contributed by atoms with Crippen LogP contribution >= 0.6 is 0 Å². The van der Waals surface area contributed by atoms with Gasteiger partial charge in [-0.3, -0.25) is 9.69 Å². The van der Waals surface area contributed by atoms with Crippen LogP contribution in [0.15, 0.2) is 18.2 Å². The summed E-state index contributed by atoms with van der Waals surface area (Å²) < 4.78 is 15.9. The lowest BCUT2D eigenvalue weighted by Gasteiger charge is -2.33. The first-order valence-electron chi connectivity index (χ1n) is 7.74. The van der Waals surface area contributed by atoms with E-state index in [2.05, 4.69) is 10.2 Å². The van der Waals surface area contributed by atoms with Gasteiger partial charge in [0.1, 0.15) is 0 Å². The van der Waals surface area contributed by atoms with E-state index in [4.69, 9.17) is 14.2 Å². The van der Waals surface area contributed by atoms with Gasteiger partial charge in [-0.1, -0.05) is 6.07 Å². The van der Waals surface area contributed by atoms with Gasteiger partial charge >= 0.3 is 0 Å². The molecule has 126 valence electrons. The minimum atomic E-state index is -1.01. The van der Waals surface area contributed by atoms with E-state index in [0.717, 1.165) is 13.1 Å². The first-order valence-corrected chi connectivity index (χ1v) is 7.74. The minimum absolute atomic E-state index is 0.119. The SMILES string of the molecule is C[C@](O)(CNC(=O)c1cccc2c1OCO2)CN1CCOCC1. The molecule has 2 aliphatic rings. The van der Waals surface area contributed by atoms with Crippen molar-refractivity contribution in [2.75, 3.05) is 46.2 Å². The first kappa shape index (κ1) is 16.0. The fraction of sp³-hybridized carbons (Fsp3) is 0.562. The molecule has 2 aliphatic heterocycles. The maximum absolute atomic E-state index is 12.4. The quantitative estimate of drug-likeness (QED) is 0.808. The van der Waals surface area contributed by atoms with E-state index in [1.807, 2.05) is 0 Å². The smallest absolute Gasteiger partial charge is 0.255 e. The highest BCUT2D eigenvalue weighted by Crippen LogP contribution is 2.35. The summed E-state index contributed by atoms with van der Waals surface area (Å²) in [6.45, 7) is 5.43. The molecule has 2 heterocycles. The molecule has 7 nitrogen and oxygen atoms in total. The molecule has 3 rings (SSSR count). The van der Waals surface area contributed by atoms with E-state index in [-0.39, 0.29) is 19.2 Å². The number of aliphatic hydroxyl groups is 1. The van der Waals surface area contributed by atoms with Gasteiger partial charge in [0, 0.05) is 26.2 Å². The Morgan fingerprint density at radius 1 is 1.35 bits per heavy atom. The van der Waals surface area contributed by atoms with E-state index in [1.165, 1.54) is 0 Å². The molecule has 23 heavy (non-hydrogen) atoms. The molecule has 0 bridgehead atoms. The van der Waals surface area contributed by atoms with E-state index >= 15 is 0 Å². The molecule has 1 aromatic carbocycles. The van der Waals surface area contributed by atoms with E-state index in [1.54, 1.807) is 25.1 Å². The first-order chi connectivity index (χ1) is 11.1. The molecule has 1 saturated heterocycles. The zero-order valence-electron chi connectivity index (χ0n) is 13.2. The van der Waals surface area contributed by atoms with Crippen molar-refractivity contribution >= 4 is 5.91 Å². The predicted molar refractivity (Wildman–Crippen MR) is 82.8 cm³/mol. The van der Waals surface area contributed by atoms with E-state index in [0.29, 0.717) is 36.8 Å². The van der Waals surface area contributed by atoms with Crippen molar-refractivity contribution in [1.29, 1.82) is 0 Å². The summed E-state index contributed by atoms with van der Waals surface area (Å²) >= 11 is 0. The molecule has 0 unspecified atom stereocenters. The lowest BCUT2D eigenvalue weighted by Crippen LogP contribution is -2.51. The highest BCUT2D eigenvalue weighted by atomic mass is 16.7. The molecular formula is C16H22N2O5. The Hall–Kier alpha value is -1.83. The van der Waals surface area contributed by atoms with Gasteiger partial charge in [0.2, 0.25) is 6.79 Å². The highest BCUT2D eigenvalue weighted by Gasteiger charge is 2.27. The summed E-state index contributed by atoms with van der Waals surface area (Å²) in [6.07, 6.45) is 0. The van der Waals surface area contributed by atoms with Crippen molar-refractivity contribution < 1.29 is 24.1 Å². The number of nitrogens with zero attached hydrogens (tertiary/aromatic N) is 1. The number of hydrogen-bond acceptors (Lipinski definition) is 6. The molecule has 0 saturated carbocycles. The molecule has 0 aliphatic carbocycles. The number of carbonyl (C=O) groups is 1. The van der Waals surface area contributed by atoms with Crippen molar-refractivity contribution in [3.8, 4) is 11.5 Å². The Morgan fingerprint density at radius 3 is 2.91 bits per heavy atom. The Kier molecular flexibility index (Phi) is 4.70. The van der Waals surface area contributed by atoms with Crippen LogP contribution in [0.4, 0.5) is 0 Å². The maximum Gasteiger partial charge on any atom is 0.255 e. The van der Waals surface area contributed by atoms with Gasteiger partial charge in [-0.25, -0.2) is 0 Å². The summed E-state index contributed by atoms with van der Waals surface area (Å²) in [5.74, 6) is 0.741. The van der Waals surface area contributed by atoms with Gasteiger partial charge in [-0.05, 0) is 19.1 Å². The van der Waals surface area contributed by atoms with Gasteiger partial charge in [0.25, 0.3) is 5.91 Å². The number of fused-ring (bicyclic) bond motifs is 1. The van der Waals surface area contributed by atoms with Crippen LogP contribution in [0.25, 0.3) is 0 Å². The van der Waals surface area contributed by atoms with Crippen molar-refractivity contribution in [2.24, 2.45) is 0 Å². The van der Waals surface area contributed by atoms with Crippen LogP contribution in [0.3, 0.4) is 0 Å². The van der Waals surface area contributed by atoms with Crippen LogP contribution in [0.5, 0.6) is 11.5 Å². The average Bonchev–Trinajstić information content (AvgIpc) is 3.02. The number of rotatable bonds is 5. The third-order valence-electron chi connectivity index (χ3n) is 3.94. The van der Waals surface area contributed by atoms with Gasteiger partial charge in [0.15, 0.2) is 11.5 Å². The molecule has 2 N–H and O–H groups in total. The summed E-state index contributed by atoms with van der Waals surface area (Å²) in [6, 6.07) is 5.18. The average molecular weight is 322 g/mol. The number of morpholine rings is 1. The molecule has 0 spiro atoms. The third kappa shape index (κ3) is 3.93. The normalized spacial score (nSPS) is 20.1. The lowest BCUT2D eigenvalue weighted by molar-refractivity contribution is -0.0213. The Morgan fingerprint density at radius 2 is 2.13 bits per heavy atom. The van der Waals surface area contributed by atoms with Crippen molar-refractivity contribution in [1.82, 2.24) is 10.2 Å². The summed E-state index contributed by atoms with van der Waals surface area (Å²) in [4.78, 5) is 14.5. The van der Waals surface area contributed by atoms with Crippen LogP contribution in [-0.4, -0.2) is 67.7 Å². The summed E-state index contributed by atoms with van der Waals surface area (Å²) in [5.41, 5.74) is -0.593. The molecule has 1 amide bonds. The fourth-order valence-electron chi connectivity index (χ4n) is 2.77. The van der Waals surface area contributed by atoms with Crippen molar-refractivity contribution in [3.05, 3.63) is 23.8 Å². The minimum Gasteiger partial charge on any atom is -0.454 e. The topological polar surface area (TPSA) is 80.3 Å². The number of hydrogen-bond donors (Lipinski definition) is 2. The molecule has 1 fully saturated rings. The van der Waals surface area contributed by atoms with Crippen LogP contribution in [0.1, 0.15) is 17.3 Å². The zero-order valence-corrected chi connectivity index (χ0v) is 13.2. The number of para-hydroxylation sites is 1. The Bertz CT molecular complexity index is 570. The number of β-amino-alcohol motifs (C(OH)–C–C–N with tert-alkyl or cyclic N) is 1. The standard InChI is InChI=1S/C16H22N2O5/c1-16(20,10-18-5-7-21-8-6-18)9-17-15(19)12-3-2-4-13-14(12)23-11-22-13/h2-4,20H,5-11H2,1H3,(H,17,19)/t16-/m0/s1. The summed E-state index contributed by atoms with van der Waals surface area (Å²) in [7, 11) is 0. The lowest BCUT2D eigenvalue weighted by atomic mass is 10.1. The predicted octanol–water partition coefficient (Wildman–Crippen LogP) is 0.228. The molecule has 1 aromatic rings. The van der Waals surface area contributed by atoms with Crippen LogP contribution in [-0.2, 0) is 4.74 Å². The van der Waals surface area contributed by atoms with Gasteiger partial charge < -0.3 is 24.6 Å². The fourth-order valence-corrected chi connectivity index (χ4v) is 2.77. The number of ether oxygens (including phenoxy) is 3.